The molecule has 8 heteroatoms. The number of aromatic nitrogens is 1. The van der Waals surface area contributed by atoms with Crippen LogP contribution in [0.25, 0.3) is 10.2 Å². The molecular formula is C19H16BrF3N2OS. The van der Waals surface area contributed by atoms with Gasteiger partial charge in [-0.2, -0.15) is 13.2 Å². The van der Waals surface area contributed by atoms with E-state index in [0.29, 0.717) is 17.8 Å². The average Bonchev–Trinajstić information content (AvgIpc) is 3.13. The molecule has 0 fully saturated rings. The van der Waals surface area contributed by atoms with E-state index >= 15 is 0 Å². The molecule has 1 amide bonds. The van der Waals surface area contributed by atoms with Crippen LogP contribution in [0.1, 0.15) is 28.5 Å². The van der Waals surface area contributed by atoms with E-state index in [1.165, 1.54) is 17.4 Å². The minimum Gasteiger partial charge on any atom is -0.347 e. The van der Waals surface area contributed by atoms with Crippen molar-refractivity contribution in [2.24, 2.45) is 0 Å². The Bertz CT molecular complexity index is 1000. The Morgan fingerprint density at radius 2 is 2.07 bits per heavy atom. The van der Waals surface area contributed by atoms with Gasteiger partial charge in [-0.25, -0.2) is 0 Å². The van der Waals surface area contributed by atoms with E-state index in [-0.39, 0.29) is 12.5 Å². The topological polar surface area (TPSA) is 34.0 Å². The Labute approximate surface area is 166 Å². The van der Waals surface area contributed by atoms with Crippen LogP contribution in [-0.2, 0) is 19.3 Å². The summed E-state index contributed by atoms with van der Waals surface area (Å²) in [6, 6.07) is 8.72. The van der Waals surface area contributed by atoms with Gasteiger partial charge in [0.15, 0.2) is 0 Å². The van der Waals surface area contributed by atoms with Crippen molar-refractivity contribution < 1.29 is 18.0 Å². The fourth-order valence-electron chi connectivity index (χ4n) is 2.74. The molecule has 0 unspecified atom stereocenters. The standard InChI is InChI=1S/C19H16BrF3N2OS/c1-2-3-7-25-14-10-17(20)27-16(14)9-15(25)18(26)24-11-12-5-4-6-13(8-12)19(21,22)23/h2-6,8-10H,7,11H2,1H3,(H,24,26)/b3-2+. The van der Waals surface area contributed by atoms with Crippen LogP contribution >= 0.6 is 27.3 Å². The van der Waals surface area contributed by atoms with Gasteiger partial charge >= 0.3 is 6.18 Å². The molecule has 0 saturated carbocycles. The van der Waals surface area contributed by atoms with Crippen molar-refractivity contribution in [2.45, 2.75) is 26.2 Å². The third-order valence-electron chi connectivity index (χ3n) is 4.02. The van der Waals surface area contributed by atoms with Crippen LogP contribution in [0.3, 0.4) is 0 Å². The first-order valence-corrected chi connectivity index (χ1v) is 9.74. The molecule has 142 valence electrons. The van der Waals surface area contributed by atoms with Gasteiger partial charge in [0.25, 0.3) is 5.91 Å². The van der Waals surface area contributed by atoms with Crippen molar-refractivity contribution in [3.05, 3.63) is 69.2 Å². The van der Waals surface area contributed by atoms with Crippen LogP contribution < -0.4 is 5.32 Å². The van der Waals surface area contributed by atoms with E-state index in [1.54, 1.807) is 12.1 Å². The van der Waals surface area contributed by atoms with Crippen molar-refractivity contribution in [1.82, 2.24) is 9.88 Å². The summed E-state index contributed by atoms with van der Waals surface area (Å²) in [5, 5.41) is 2.72. The third-order valence-corrected chi connectivity index (χ3v) is 5.60. The van der Waals surface area contributed by atoms with Crippen molar-refractivity contribution in [2.75, 3.05) is 0 Å². The average molecular weight is 457 g/mol. The lowest BCUT2D eigenvalue weighted by molar-refractivity contribution is -0.137. The smallest absolute Gasteiger partial charge is 0.347 e. The van der Waals surface area contributed by atoms with Gasteiger partial charge in [-0.3, -0.25) is 4.79 Å². The first-order chi connectivity index (χ1) is 12.8. The van der Waals surface area contributed by atoms with Crippen LogP contribution in [0.5, 0.6) is 0 Å². The van der Waals surface area contributed by atoms with E-state index in [4.69, 9.17) is 0 Å². The zero-order valence-electron chi connectivity index (χ0n) is 14.3. The first kappa shape index (κ1) is 19.7. The summed E-state index contributed by atoms with van der Waals surface area (Å²) in [5.74, 6) is -0.323. The van der Waals surface area contributed by atoms with Crippen molar-refractivity contribution in [3.8, 4) is 0 Å². The minimum absolute atomic E-state index is 0.0227. The number of carbonyl (C=O) groups excluding carboxylic acids is 1. The van der Waals surface area contributed by atoms with Gasteiger partial charge in [0.1, 0.15) is 5.69 Å². The molecule has 0 aliphatic carbocycles. The van der Waals surface area contributed by atoms with E-state index in [0.717, 1.165) is 26.1 Å². The van der Waals surface area contributed by atoms with Crippen LogP contribution in [0, 0.1) is 0 Å². The number of nitrogens with one attached hydrogen (secondary N) is 1. The molecular weight excluding hydrogens is 441 g/mol. The van der Waals surface area contributed by atoms with Crippen molar-refractivity contribution in [3.63, 3.8) is 0 Å². The molecule has 2 heterocycles. The highest BCUT2D eigenvalue weighted by molar-refractivity contribution is 9.11. The van der Waals surface area contributed by atoms with Gasteiger partial charge in [0.05, 0.1) is 19.6 Å². The van der Waals surface area contributed by atoms with E-state index < -0.39 is 11.7 Å². The number of nitrogens with zero attached hydrogens (tertiary/aromatic N) is 1. The van der Waals surface area contributed by atoms with Gasteiger partial charge in [-0.15, -0.1) is 11.3 Å². The fourth-order valence-corrected chi connectivity index (χ4v) is 4.30. The largest absolute Gasteiger partial charge is 0.416 e. The normalized spacial score (nSPS) is 12.2. The second-order valence-electron chi connectivity index (χ2n) is 5.89. The zero-order valence-corrected chi connectivity index (χ0v) is 16.7. The molecule has 3 nitrogen and oxygen atoms in total. The summed E-state index contributed by atoms with van der Waals surface area (Å²) < 4.78 is 42.3. The Kier molecular flexibility index (Phi) is 5.76. The van der Waals surface area contributed by atoms with Gasteiger partial charge in [-0.1, -0.05) is 24.3 Å². The lowest BCUT2D eigenvalue weighted by atomic mass is 10.1. The van der Waals surface area contributed by atoms with E-state index in [1.807, 2.05) is 29.7 Å². The number of alkyl halides is 3. The lowest BCUT2D eigenvalue weighted by Crippen LogP contribution is -2.25. The second-order valence-corrected chi connectivity index (χ2v) is 8.35. The highest BCUT2D eigenvalue weighted by Crippen LogP contribution is 2.33. The number of carbonyl (C=O) groups is 1. The van der Waals surface area contributed by atoms with E-state index in [9.17, 15) is 18.0 Å². The minimum atomic E-state index is -4.40. The molecule has 3 rings (SSSR count). The fraction of sp³-hybridized carbons (Fsp3) is 0.211. The van der Waals surface area contributed by atoms with Crippen LogP contribution in [-0.4, -0.2) is 10.5 Å². The second kappa shape index (κ2) is 7.90. The van der Waals surface area contributed by atoms with Gasteiger partial charge in [0, 0.05) is 13.1 Å². The Balaban J connectivity index is 1.81. The number of hydrogen-bond donors (Lipinski definition) is 1. The van der Waals surface area contributed by atoms with E-state index in [2.05, 4.69) is 21.2 Å². The number of rotatable bonds is 5. The molecule has 1 N–H and O–H groups in total. The summed E-state index contributed by atoms with van der Waals surface area (Å²) in [4.78, 5) is 12.7. The number of amides is 1. The maximum atomic E-state index is 12.8. The summed E-state index contributed by atoms with van der Waals surface area (Å²) in [5.41, 5.74) is 1.09. The number of thiophene rings is 1. The quantitative estimate of drug-likeness (QED) is 0.470. The van der Waals surface area contributed by atoms with Gasteiger partial charge in [-0.05, 0) is 52.7 Å². The Morgan fingerprint density at radius 3 is 2.78 bits per heavy atom. The van der Waals surface area contributed by atoms with Crippen LogP contribution in [0.15, 0.2) is 52.3 Å². The summed E-state index contributed by atoms with van der Waals surface area (Å²) in [6.45, 7) is 2.46. The highest BCUT2D eigenvalue weighted by atomic mass is 79.9. The Morgan fingerprint density at radius 1 is 1.30 bits per heavy atom. The number of hydrogen-bond acceptors (Lipinski definition) is 2. The molecule has 0 spiro atoms. The molecule has 2 aromatic heterocycles. The number of fused-ring (bicyclic) bond motifs is 1. The molecule has 0 aliphatic heterocycles. The maximum absolute atomic E-state index is 12.8. The predicted molar refractivity (Wildman–Crippen MR) is 105 cm³/mol. The number of benzene rings is 1. The molecule has 27 heavy (non-hydrogen) atoms. The molecule has 0 saturated heterocycles. The molecule has 0 atom stereocenters. The molecule has 0 bridgehead atoms. The van der Waals surface area contributed by atoms with Crippen LogP contribution in [0.4, 0.5) is 13.2 Å². The summed E-state index contributed by atoms with van der Waals surface area (Å²) in [6.07, 6.45) is -0.564. The Hall–Kier alpha value is -2.06. The SMILES string of the molecule is C/C=C/Cn1c(C(=O)NCc2cccc(C(F)(F)F)c2)cc2sc(Br)cc21. The summed E-state index contributed by atoms with van der Waals surface area (Å²) in [7, 11) is 0. The summed E-state index contributed by atoms with van der Waals surface area (Å²) >= 11 is 4.97. The molecule has 0 radical (unpaired) electrons. The first-order valence-electron chi connectivity index (χ1n) is 8.13. The highest BCUT2D eigenvalue weighted by Gasteiger charge is 2.30. The molecule has 1 aromatic carbocycles. The zero-order chi connectivity index (χ0) is 19.6. The molecule has 0 aliphatic rings. The van der Waals surface area contributed by atoms with Gasteiger partial charge in [0.2, 0.25) is 0 Å². The molecule has 3 aromatic rings. The monoisotopic (exact) mass is 456 g/mol. The third kappa shape index (κ3) is 4.44. The maximum Gasteiger partial charge on any atom is 0.416 e. The van der Waals surface area contributed by atoms with Crippen molar-refractivity contribution >= 4 is 43.4 Å². The van der Waals surface area contributed by atoms with Crippen LogP contribution in [0.2, 0.25) is 0 Å². The number of allylic oxidation sites excluding steroid dienone is 2. The predicted octanol–water partition coefficient (Wildman–Crippen LogP) is 5.99. The number of halogens is 4. The van der Waals surface area contributed by atoms with Crippen molar-refractivity contribution in [1.29, 1.82) is 0 Å². The van der Waals surface area contributed by atoms with Gasteiger partial charge < -0.3 is 9.88 Å². The lowest BCUT2D eigenvalue weighted by Gasteiger charge is -2.11.